The van der Waals surface area contributed by atoms with Crippen LogP contribution in [0.3, 0.4) is 0 Å². The highest BCUT2D eigenvalue weighted by atomic mass is 32.2. The zero-order chi connectivity index (χ0) is 31.9. The molecule has 1 N–H and O–H groups in total. The zero-order valence-corrected chi connectivity index (χ0v) is 26.5. The first kappa shape index (κ1) is 31.0. The van der Waals surface area contributed by atoms with Crippen molar-refractivity contribution in [3.05, 3.63) is 83.4 Å². The van der Waals surface area contributed by atoms with E-state index in [9.17, 15) is 18.3 Å². The number of sulfonamides is 1. The molecule has 0 spiro atoms. The van der Waals surface area contributed by atoms with Crippen LogP contribution in [0.25, 0.3) is 0 Å². The van der Waals surface area contributed by atoms with Gasteiger partial charge in [0.2, 0.25) is 0 Å². The molecule has 2 fully saturated rings. The van der Waals surface area contributed by atoms with Crippen molar-refractivity contribution in [2.45, 2.75) is 35.9 Å². The SMILES string of the molecule is COc1ccc(S(=O)(=O)N2C(=O)C(c3ccc(CN4CCN(C)CC4)cc3OC)(N3CCC[C@H]3C(=O)O)c3ccccc32)cc1. The number of nitrogens with zero attached hydrogens (tertiary/aromatic N) is 4. The van der Waals surface area contributed by atoms with Crippen molar-refractivity contribution >= 4 is 27.6 Å². The molecule has 11 nitrogen and oxygen atoms in total. The summed E-state index contributed by atoms with van der Waals surface area (Å²) in [5.74, 6) is -0.971. The average Bonchev–Trinajstić information content (AvgIpc) is 3.64. The fraction of sp³-hybridized carbons (Fsp3) is 0.394. The fourth-order valence-electron chi connectivity index (χ4n) is 6.93. The van der Waals surface area contributed by atoms with Crippen LogP contribution < -0.4 is 13.8 Å². The van der Waals surface area contributed by atoms with Crippen molar-refractivity contribution in [2.24, 2.45) is 0 Å². The smallest absolute Gasteiger partial charge is 0.320 e. The van der Waals surface area contributed by atoms with E-state index < -0.39 is 33.5 Å². The van der Waals surface area contributed by atoms with Gasteiger partial charge in [-0.15, -0.1) is 0 Å². The number of para-hydroxylation sites is 1. The number of likely N-dealkylation sites (tertiary alicyclic amines) is 1. The predicted octanol–water partition coefficient (Wildman–Crippen LogP) is 2.98. The maximum Gasteiger partial charge on any atom is 0.320 e. The third-order valence-corrected chi connectivity index (χ3v) is 10.9. The van der Waals surface area contributed by atoms with Crippen LogP contribution in [-0.2, 0) is 31.7 Å². The Morgan fingerprint density at radius 3 is 2.31 bits per heavy atom. The van der Waals surface area contributed by atoms with Gasteiger partial charge in [0.1, 0.15) is 17.5 Å². The van der Waals surface area contributed by atoms with Crippen LogP contribution in [0.5, 0.6) is 11.5 Å². The van der Waals surface area contributed by atoms with Crippen LogP contribution >= 0.6 is 0 Å². The fourth-order valence-corrected chi connectivity index (χ4v) is 8.39. The number of fused-ring (bicyclic) bond motifs is 1. The number of carbonyl (C=O) groups is 2. The molecule has 0 saturated carbocycles. The maximum absolute atomic E-state index is 15.1. The Morgan fingerprint density at radius 2 is 1.64 bits per heavy atom. The van der Waals surface area contributed by atoms with E-state index in [2.05, 4.69) is 16.8 Å². The monoisotopic (exact) mass is 634 g/mol. The van der Waals surface area contributed by atoms with Gasteiger partial charge in [-0.1, -0.05) is 30.3 Å². The van der Waals surface area contributed by atoms with Gasteiger partial charge in [-0.2, -0.15) is 0 Å². The molecule has 3 aliphatic heterocycles. The van der Waals surface area contributed by atoms with Crippen molar-refractivity contribution in [3.63, 3.8) is 0 Å². The van der Waals surface area contributed by atoms with E-state index in [0.717, 1.165) is 36.0 Å². The number of amides is 1. The number of hydrogen-bond donors (Lipinski definition) is 1. The van der Waals surface area contributed by atoms with Gasteiger partial charge in [-0.3, -0.25) is 19.4 Å². The van der Waals surface area contributed by atoms with Gasteiger partial charge < -0.3 is 19.5 Å². The molecule has 12 heteroatoms. The Labute approximate surface area is 263 Å². The Balaban J connectivity index is 1.53. The average molecular weight is 635 g/mol. The standard InChI is InChI=1S/C33H38N4O7S/c1-34-17-19-35(20-18-34)22-23-10-15-27(30(21-23)44-3)33(36-16-6-9-29(36)31(38)39)26-7-4-5-8-28(26)37(32(33)40)45(41,42)25-13-11-24(43-2)12-14-25/h4-5,7-8,10-15,21,29H,6,9,16-20,22H2,1-3H3,(H,38,39)/t29-,33?/m0/s1. The van der Waals surface area contributed by atoms with Crippen LogP contribution in [0.15, 0.2) is 71.6 Å². The van der Waals surface area contributed by atoms with Gasteiger partial charge in [0.15, 0.2) is 5.54 Å². The van der Waals surface area contributed by atoms with E-state index in [0.29, 0.717) is 42.0 Å². The summed E-state index contributed by atoms with van der Waals surface area (Å²) in [6.07, 6.45) is 0.852. The number of benzene rings is 3. The minimum Gasteiger partial charge on any atom is -0.497 e. The number of rotatable bonds is 9. The lowest BCUT2D eigenvalue weighted by molar-refractivity contribution is -0.145. The van der Waals surface area contributed by atoms with Gasteiger partial charge >= 0.3 is 5.97 Å². The van der Waals surface area contributed by atoms with Crippen LogP contribution in [0.2, 0.25) is 0 Å². The van der Waals surface area contributed by atoms with E-state index in [4.69, 9.17) is 9.47 Å². The molecule has 1 amide bonds. The molecule has 3 aromatic carbocycles. The first-order valence-corrected chi connectivity index (χ1v) is 16.5. The second-order valence-corrected chi connectivity index (χ2v) is 13.6. The summed E-state index contributed by atoms with van der Waals surface area (Å²) in [6.45, 7) is 4.73. The summed E-state index contributed by atoms with van der Waals surface area (Å²) < 4.78 is 40.6. The summed E-state index contributed by atoms with van der Waals surface area (Å²) in [7, 11) is 0.681. The molecule has 0 aliphatic carbocycles. The Bertz CT molecular complexity index is 1710. The molecular weight excluding hydrogens is 596 g/mol. The highest BCUT2D eigenvalue weighted by Crippen LogP contribution is 2.54. The molecule has 6 rings (SSSR count). The lowest BCUT2D eigenvalue weighted by Gasteiger charge is -2.41. The number of methoxy groups -OCH3 is 2. The number of anilines is 1. The van der Waals surface area contributed by atoms with Crippen LogP contribution in [0.1, 0.15) is 29.5 Å². The molecule has 0 radical (unpaired) electrons. The second kappa shape index (κ2) is 12.1. The summed E-state index contributed by atoms with van der Waals surface area (Å²) in [6, 6.07) is 17.2. The van der Waals surface area contributed by atoms with Gasteiger partial charge in [-0.25, -0.2) is 12.7 Å². The number of likely N-dealkylation sites (N-methyl/N-ethyl adjacent to an activating group) is 1. The van der Waals surface area contributed by atoms with E-state index in [-0.39, 0.29) is 17.1 Å². The zero-order valence-electron chi connectivity index (χ0n) is 25.7. The third-order valence-electron chi connectivity index (χ3n) is 9.23. The van der Waals surface area contributed by atoms with Crippen LogP contribution in [0.4, 0.5) is 5.69 Å². The Kier molecular flexibility index (Phi) is 8.33. The van der Waals surface area contributed by atoms with Gasteiger partial charge in [-0.05, 0) is 61.9 Å². The normalized spacial score (nSPS) is 22.9. The lowest BCUT2D eigenvalue weighted by Crippen LogP contribution is -2.58. The highest BCUT2D eigenvalue weighted by molar-refractivity contribution is 7.93. The van der Waals surface area contributed by atoms with E-state index in [1.807, 2.05) is 12.1 Å². The molecule has 0 aromatic heterocycles. The summed E-state index contributed by atoms with van der Waals surface area (Å²) >= 11 is 0. The molecule has 2 saturated heterocycles. The molecule has 0 bridgehead atoms. The molecule has 3 heterocycles. The van der Waals surface area contributed by atoms with Gasteiger partial charge in [0.05, 0.1) is 24.8 Å². The number of carbonyl (C=O) groups excluding carboxylic acids is 1. The lowest BCUT2D eigenvalue weighted by atomic mass is 9.80. The van der Waals surface area contributed by atoms with Crippen molar-refractivity contribution in [3.8, 4) is 11.5 Å². The molecule has 238 valence electrons. The molecule has 2 atom stereocenters. The Hall–Kier alpha value is -3.97. The number of hydrogen-bond acceptors (Lipinski definition) is 9. The molecular formula is C33H38N4O7S. The van der Waals surface area contributed by atoms with E-state index in [1.54, 1.807) is 35.2 Å². The van der Waals surface area contributed by atoms with E-state index >= 15 is 4.79 Å². The molecule has 3 aliphatic rings. The summed E-state index contributed by atoms with van der Waals surface area (Å²) in [5, 5.41) is 10.3. The minimum absolute atomic E-state index is 0.0899. The Morgan fingerprint density at radius 1 is 0.933 bits per heavy atom. The third kappa shape index (κ3) is 5.15. The predicted molar refractivity (Wildman–Crippen MR) is 168 cm³/mol. The number of ether oxygens (including phenoxy) is 2. The minimum atomic E-state index is -4.42. The number of carboxylic acid groups (broad SMARTS) is 1. The van der Waals surface area contributed by atoms with Crippen LogP contribution in [-0.4, -0.2) is 100 Å². The van der Waals surface area contributed by atoms with E-state index in [1.165, 1.54) is 38.5 Å². The first-order valence-electron chi connectivity index (χ1n) is 15.0. The quantitative estimate of drug-likeness (QED) is 0.376. The van der Waals surface area contributed by atoms with Gasteiger partial charge in [0.25, 0.3) is 15.9 Å². The molecule has 45 heavy (non-hydrogen) atoms. The van der Waals surface area contributed by atoms with Crippen molar-refractivity contribution in [2.75, 3.05) is 58.3 Å². The van der Waals surface area contributed by atoms with Crippen LogP contribution in [0, 0.1) is 0 Å². The number of piperazine rings is 1. The maximum atomic E-state index is 15.1. The topological polar surface area (TPSA) is 120 Å². The second-order valence-electron chi connectivity index (χ2n) is 11.8. The molecule has 3 aromatic rings. The van der Waals surface area contributed by atoms with Crippen molar-refractivity contribution < 1.29 is 32.6 Å². The largest absolute Gasteiger partial charge is 0.497 e. The summed E-state index contributed by atoms with van der Waals surface area (Å²) in [5.41, 5.74) is 0.189. The van der Waals surface area contributed by atoms with Crippen molar-refractivity contribution in [1.29, 1.82) is 0 Å². The summed E-state index contributed by atoms with van der Waals surface area (Å²) in [4.78, 5) is 33.9. The van der Waals surface area contributed by atoms with Crippen molar-refractivity contribution in [1.82, 2.24) is 14.7 Å². The highest BCUT2D eigenvalue weighted by Gasteiger charge is 2.62. The first-order chi connectivity index (χ1) is 21.6. The van der Waals surface area contributed by atoms with Gasteiger partial charge in [0, 0.05) is 50.4 Å². The molecule has 1 unspecified atom stereocenters. The number of aliphatic carboxylic acids is 1. The number of carboxylic acids is 1.